The van der Waals surface area contributed by atoms with Crippen LogP contribution in [0.3, 0.4) is 0 Å². The van der Waals surface area contributed by atoms with Crippen molar-refractivity contribution in [2.75, 3.05) is 7.11 Å². The Hall–Kier alpha value is -2.04. The Bertz CT molecular complexity index is 713. The number of carbonyl (C=O) groups excluding carboxylic acids is 2. The second kappa shape index (κ2) is 7.17. The zero-order chi connectivity index (χ0) is 19.8. The molecule has 2 bridgehead atoms. The van der Waals surface area contributed by atoms with Crippen molar-refractivity contribution in [1.29, 1.82) is 0 Å². The molecule has 0 aromatic heterocycles. The van der Waals surface area contributed by atoms with Gasteiger partial charge in [0.05, 0.1) is 19.6 Å². The summed E-state index contributed by atoms with van der Waals surface area (Å²) in [7, 11) is 1.62. The van der Waals surface area contributed by atoms with Gasteiger partial charge in [0, 0.05) is 13.0 Å². The van der Waals surface area contributed by atoms with Crippen molar-refractivity contribution in [3.05, 3.63) is 29.8 Å². The highest BCUT2D eigenvalue weighted by Gasteiger charge is 2.61. The minimum absolute atomic E-state index is 0.000793. The van der Waals surface area contributed by atoms with Crippen LogP contribution in [0, 0.1) is 16.7 Å². The molecule has 2 aliphatic rings. The smallest absolute Gasteiger partial charge is 0.222 e. The molecule has 1 aromatic carbocycles. The first kappa shape index (κ1) is 19.7. The Morgan fingerprint density at radius 3 is 2.37 bits per heavy atom. The first-order chi connectivity index (χ1) is 12.7. The number of fused-ring (bicyclic) bond motifs is 2. The van der Waals surface area contributed by atoms with Gasteiger partial charge in [-0.1, -0.05) is 32.9 Å². The molecule has 2 fully saturated rings. The lowest BCUT2D eigenvalue weighted by Crippen LogP contribution is -2.47. The fourth-order valence-electron chi connectivity index (χ4n) is 5.19. The monoisotopic (exact) mass is 372 g/mol. The first-order valence-corrected chi connectivity index (χ1v) is 9.88. The van der Waals surface area contributed by atoms with Crippen molar-refractivity contribution in [1.82, 2.24) is 10.6 Å². The minimum atomic E-state index is -0.340. The number of hydrogen-bond acceptors (Lipinski definition) is 3. The Morgan fingerprint density at radius 1 is 1.22 bits per heavy atom. The van der Waals surface area contributed by atoms with E-state index in [0.717, 1.165) is 17.7 Å². The molecule has 5 heteroatoms. The maximum Gasteiger partial charge on any atom is 0.222 e. The molecule has 1 aromatic rings. The summed E-state index contributed by atoms with van der Waals surface area (Å²) in [5, 5.41) is 6.20. The normalized spacial score (nSPS) is 29.2. The summed E-state index contributed by atoms with van der Waals surface area (Å²) in [6.45, 7) is 8.48. The van der Waals surface area contributed by atoms with Gasteiger partial charge in [0.25, 0.3) is 0 Å². The van der Waals surface area contributed by atoms with Crippen LogP contribution >= 0.6 is 0 Å². The summed E-state index contributed by atoms with van der Waals surface area (Å²) in [5.41, 5.74) is 1.31. The first-order valence-electron chi connectivity index (χ1n) is 9.88. The van der Waals surface area contributed by atoms with Crippen LogP contribution < -0.4 is 15.4 Å². The van der Waals surface area contributed by atoms with E-state index < -0.39 is 0 Å². The number of methoxy groups -OCH3 is 1. The zero-order valence-electron chi connectivity index (χ0n) is 17.1. The van der Waals surface area contributed by atoms with E-state index in [1.807, 2.05) is 24.3 Å². The van der Waals surface area contributed by atoms with Gasteiger partial charge in [-0.2, -0.15) is 0 Å². The maximum atomic E-state index is 12.8. The Kier molecular flexibility index (Phi) is 5.24. The molecule has 2 N–H and O–H groups in total. The van der Waals surface area contributed by atoms with Crippen LogP contribution in [-0.2, 0) is 9.59 Å². The van der Waals surface area contributed by atoms with E-state index >= 15 is 0 Å². The van der Waals surface area contributed by atoms with Crippen LogP contribution in [0.25, 0.3) is 0 Å². The molecule has 27 heavy (non-hydrogen) atoms. The van der Waals surface area contributed by atoms with E-state index in [4.69, 9.17) is 4.74 Å². The maximum absolute atomic E-state index is 12.8. The molecule has 5 nitrogen and oxygen atoms in total. The average molecular weight is 373 g/mol. The van der Waals surface area contributed by atoms with Gasteiger partial charge in [-0.15, -0.1) is 0 Å². The number of rotatable bonds is 6. The SMILES string of the molecule is COc1ccc(C(CC(=O)NC2CC3CCC2(C)C3(C)C)NC(C)=O)cc1. The fraction of sp³-hybridized carbons (Fsp3) is 0.636. The third-order valence-corrected chi connectivity index (χ3v) is 7.41. The van der Waals surface area contributed by atoms with Gasteiger partial charge in [0.1, 0.15) is 5.75 Å². The van der Waals surface area contributed by atoms with Gasteiger partial charge >= 0.3 is 0 Å². The summed E-state index contributed by atoms with van der Waals surface area (Å²) < 4.78 is 5.19. The third kappa shape index (κ3) is 3.56. The zero-order valence-corrected chi connectivity index (χ0v) is 17.1. The molecule has 0 heterocycles. The number of amides is 2. The third-order valence-electron chi connectivity index (χ3n) is 7.41. The lowest BCUT2D eigenvalue weighted by Gasteiger charge is -2.39. The highest BCUT2D eigenvalue weighted by atomic mass is 16.5. The molecule has 0 spiro atoms. The number of nitrogens with one attached hydrogen (secondary N) is 2. The Morgan fingerprint density at radius 2 is 1.89 bits per heavy atom. The lowest BCUT2D eigenvalue weighted by atomic mass is 9.69. The van der Waals surface area contributed by atoms with Crippen LogP contribution in [0.2, 0.25) is 0 Å². The van der Waals surface area contributed by atoms with E-state index in [9.17, 15) is 9.59 Å². The fourth-order valence-corrected chi connectivity index (χ4v) is 5.19. The summed E-state index contributed by atoms with van der Waals surface area (Å²) in [4.78, 5) is 24.5. The summed E-state index contributed by atoms with van der Waals surface area (Å²) >= 11 is 0. The predicted octanol–water partition coefficient (Wildman–Crippen LogP) is 3.59. The van der Waals surface area contributed by atoms with Gasteiger partial charge in [-0.25, -0.2) is 0 Å². The number of benzene rings is 1. The van der Waals surface area contributed by atoms with E-state index in [2.05, 4.69) is 31.4 Å². The van der Waals surface area contributed by atoms with Crippen LogP contribution in [-0.4, -0.2) is 25.0 Å². The highest BCUT2D eigenvalue weighted by Crippen LogP contribution is 2.65. The van der Waals surface area contributed by atoms with Crippen LogP contribution in [0.4, 0.5) is 0 Å². The molecule has 2 amide bonds. The molecule has 148 valence electrons. The topological polar surface area (TPSA) is 67.4 Å². The second-order valence-corrected chi connectivity index (χ2v) is 8.96. The minimum Gasteiger partial charge on any atom is -0.497 e. The Labute approximate surface area is 162 Å². The van der Waals surface area contributed by atoms with Crippen molar-refractivity contribution >= 4 is 11.8 Å². The summed E-state index contributed by atoms with van der Waals surface area (Å²) in [6, 6.07) is 7.37. The Balaban J connectivity index is 1.69. The molecule has 4 atom stereocenters. The van der Waals surface area contributed by atoms with Gasteiger partial charge in [-0.05, 0) is 53.7 Å². The van der Waals surface area contributed by atoms with E-state index in [0.29, 0.717) is 5.92 Å². The molecule has 3 rings (SSSR count). The number of ether oxygens (including phenoxy) is 1. The van der Waals surface area contributed by atoms with E-state index in [1.165, 1.54) is 19.8 Å². The molecular weight excluding hydrogens is 340 g/mol. The standard InChI is InChI=1S/C22H32N2O3/c1-14(25)23-18(15-6-8-17(27-5)9-7-15)13-20(26)24-19-12-16-10-11-22(19,4)21(16,2)3/h6-9,16,18-19H,10-13H2,1-5H3,(H,23,25)(H,24,26). The van der Waals surface area contributed by atoms with Crippen molar-refractivity contribution in [3.8, 4) is 5.75 Å². The largest absolute Gasteiger partial charge is 0.497 e. The summed E-state index contributed by atoms with van der Waals surface area (Å²) in [5.74, 6) is 1.29. The van der Waals surface area contributed by atoms with Gasteiger partial charge in [-0.3, -0.25) is 9.59 Å². The van der Waals surface area contributed by atoms with Gasteiger partial charge in [0.15, 0.2) is 0 Å². The molecular formula is C22H32N2O3. The van der Waals surface area contributed by atoms with Crippen LogP contribution in [0.5, 0.6) is 5.75 Å². The van der Waals surface area contributed by atoms with Crippen molar-refractivity contribution < 1.29 is 14.3 Å². The highest BCUT2D eigenvalue weighted by molar-refractivity contribution is 5.79. The number of carbonyl (C=O) groups is 2. The van der Waals surface area contributed by atoms with E-state index in [1.54, 1.807) is 7.11 Å². The van der Waals surface area contributed by atoms with Crippen LogP contribution in [0.15, 0.2) is 24.3 Å². The van der Waals surface area contributed by atoms with Gasteiger partial charge < -0.3 is 15.4 Å². The molecule has 0 aliphatic heterocycles. The van der Waals surface area contributed by atoms with E-state index in [-0.39, 0.29) is 41.1 Å². The van der Waals surface area contributed by atoms with Crippen molar-refractivity contribution in [3.63, 3.8) is 0 Å². The predicted molar refractivity (Wildman–Crippen MR) is 105 cm³/mol. The quantitative estimate of drug-likeness (QED) is 0.802. The molecule has 4 unspecified atom stereocenters. The van der Waals surface area contributed by atoms with Crippen molar-refractivity contribution in [2.24, 2.45) is 16.7 Å². The lowest BCUT2D eigenvalue weighted by molar-refractivity contribution is -0.124. The number of hydrogen-bond donors (Lipinski definition) is 2. The molecule has 2 aliphatic carbocycles. The molecule has 0 saturated heterocycles. The molecule has 2 saturated carbocycles. The second-order valence-electron chi connectivity index (χ2n) is 8.96. The van der Waals surface area contributed by atoms with Crippen LogP contribution in [0.1, 0.15) is 65.0 Å². The van der Waals surface area contributed by atoms with Crippen molar-refractivity contribution in [2.45, 2.75) is 65.5 Å². The average Bonchev–Trinajstić information content (AvgIpc) is 2.94. The molecule has 0 radical (unpaired) electrons. The van der Waals surface area contributed by atoms with Gasteiger partial charge in [0.2, 0.25) is 11.8 Å². The summed E-state index contributed by atoms with van der Waals surface area (Å²) in [6.07, 6.45) is 3.73.